The molecule has 3 rings (SSSR count). The smallest absolute Gasteiger partial charge is 0.234 e. The van der Waals surface area contributed by atoms with Gasteiger partial charge < -0.3 is 9.05 Å². The average Bonchev–Trinajstić information content (AvgIpc) is 2.98. The number of nitrogens with zero attached hydrogens (tertiary/aromatic N) is 2. The molecule has 106 valence electrons. The van der Waals surface area contributed by atoms with Crippen molar-refractivity contribution < 1.29 is 13.8 Å². The van der Waals surface area contributed by atoms with Crippen molar-refractivity contribution in [3.05, 3.63) is 28.3 Å². The summed E-state index contributed by atoms with van der Waals surface area (Å²) in [6.07, 6.45) is 4.32. The molecular weight excluding hydrogens is 258 g/mol. The summed E-state index contributed by atoms with van der Waals surface area (Å²) >= 11 is 0. The van der Waals surface area contributed by atoms with Gasteiger partial charge in [0, 0.05) is 11.1 Å². The van der Waals surface area contributed by atoms with Crippen LogP contribution in [0.1, 0.15) is 41.1 Å². The first-order valence-electron chi connectivity index (χ1n) is 6.84. The van der Waals surface area contributed by atoms with Crippen LogP contribution < -0.4 is 5.32 Å². The number of rotatable bonds is 3. The molecule has 1 amide bonds. The summed E-state index contributed by atoms with van der Waals surface area (Å²) < 4.78 is 10.3. The van der Waals surface area contributed by atoms with Crippen LogP contribution in [0.2, 0.25) is 0 Å². The largest absolute Gasteiger partial charge is 0.361 e. The molecule has 6 nitrogen and oxygen atoms in total. The summed E-state index contributed by atoms with van der Waals surface area (Å²) in [4.78, 5) is 12.1. The minimum Gasteiger partial charge on any atom is -0.361 e. The second-order valence-corrected chi connectivity index (χ2v) is 5.17. The van der Waals surface area contributed by atoms with Crippen molar-refractivity contribution in [2.24, 2.45) is 0 Å². The fourth-order valence-corrected chi connectivity index (χ4v) is 2.57. The number of aryl methyl sites for hydroxylation is 3. The van der Waals surface area contributed by atoms with Gasteiger partial charge in [-0.15, -0.1) is 0 Å². The summed E-state index contributed by atoms with van der Waals surface area (Å²) in [5.74, 6) is 1.04. The van der Waals surface area contributed by atoms with E-state index in [1.54, 1.807) is 6.92 Å². The van der Waals surface area contributed by atoms with E-state index in [4.69, 9.17) is 9.05 Å². The molecule has 0 fully saturated rings. The SMILES string of the molecule is Cc1noc(C)c1CC(=O)Nc1onc2c1CCCC2. The molecule has 2 aromatic rings. The molecule has 6 heteroatoms. The lowest BCUT2D eigenvalue weighted by molar-refractivity contribution is -0.115. The van der Waals surface area contributed by atoms with Crippen LogP contribution in [0.3, 0.4) is 0 Å². The Morgan fingerprint density at radius 3 is 2.75 bits per heavy atom. The van der Waals surface area contributed by atoms with Gasteiger partial charge in [-0.3, -0.25) is 10.1 Å². The maximum absolute atomic E-state index is 12.1. The monoisotopic (exact) mass is 275 g/mol. The first kappa shape index (κ1) is 12.9. The molecule has 0 saturated heterocycles. The van der Waals surface area contributed by atoms with Crippen molar-refractivity contribution in [3.63, 3.8) is 0 Å². The normalized spacial score (nSPS) is 14.1. The molecule has 20 heavy (non-hydrogen) atoms. The minimum atomic E-state index is -0.135. The van der Waals surface area contributed by atoms with Gasteiger partial charge in [0.1, 0.15) is 5.76 Å². The molecule has 2 aromatic heterocycles. The molecule has 0 bridgehead atoms. The highest BCUT2D eigenvalue weighted by Crippen LogP contribution is 2.27. The number of amides is 1. The maximum Gasteiger partial charge on any atom is 0.234 e. The predicted molar refractivity (Wildman–Crippen MR) is 71.5 cm³/mol. The molecule has 0 atom stereocenters. The van der Waals surface area contributed by atoms with Crippen molar-refractivity contribution in [1.82, 2.24) is 10.3 Å². The van der Waals surface area contributed by atoms with E-state index in [-0.39, 0.29) is 12.3 Å². The Hall–Kier alpha value is -2.11. The van der Waals surface area contributed by atoms with E-state index in [0.29, 0.717) is 11.6 Å². The zero-order valence-corrected chi connectivity index (χ0v) is 11.7. The molecule has 1 N–H and O–H groups in total. The number of fused-ring (bicyclic) bond motifs is 1. The minimum absolute atomic E-state index is 0.135. The second kappa shape index (κ2) is 5.11. The third kappa shape index (κ3) is 2.33. The Kier molecular flexibility index (Phi) is 3.30. The van der Waals surface area contributed by atoms with Gasteiger partial charge in [-0.25, -0.2) is 0 Å². The summed E-state index contributed by atoms with van der Waals surface area (Å²) in [5, 5.41) is 10.7. The summed E-state index contributed by atoms with van der Waals surface area (Å²) in [6.45, 7) is 3.63. The first-order chi connectivity index (χ1) is 9.65. The molecule has 0 spiro atoms. The number of nitrogens with one attached hydrogen (secondary N) is 1. The number of carbonyl (C=O) groups is 1. The maximum atomic E-state index is 12.1. The highest BCUT2D eigenvalue weighted by atomic mass is 16.5. The molecule has 0 radical (unpaired) electrons. The van der Waals surface area contributed by atoms with Crippen LogP contribution in [-0.2, 0) is 24.1 Å². The van der Waals surface area contributed by atoms with Gasteiger partial charge in [-0.1, -0.05) is 10.3 Å². The average molecular weight is 275 g/mol. The molecule has 0 saturated carbocycles. The van der Waals surface area contributed by atoms with E-state index in [1.807, 2.05) is 6.92 Å². The van der Waals surface area contributed by atoms with E-state index in [0.717, 1.165) is 48.2 Å². The zero-order chi connectivity index (χ0) is 14.1. The fraction of sp³-hybridized carbons (Fsp3) is 0.500. The lowest BCUT2D eigenvalue weighted by Crippen LogP contribution is -2.16. The topological polar surface area (TPSA) is 81.2 Å². The lowest BCUT2D eigenvalue weighted by Gasteiger charge is -2.09. The van der Waals surface area contributed by atoms with Crippen LogP contribution in [0.5, 0.6) is 0 Å². The van der Waals surface area contributed by atoms with E-state index in [9.17, 15) is 4.79 Å². The third-order valence-electron chi connectivity index (χ3n) is 3.73. The number of hydrogen-bond donors (Lipinski definition) is 1. The van der Waals surface area contributed by atoms with Gasteiger partial charge in [0.25, 0.3) is 0 Å². The van der Waals surface area contributed by atoms with Crippen LogP contribution in [0.15, 0.2) is 9.05 Å². The number of anilines is 1. The fourth-order valence-electron chi connectivity index (χ4n) is 2.57. The summed E-state index contributed by atoms with van der Waals surface area (Å²) in [5.41, 5.74) is 3.60. The third-order valence-corrected chi connectivity index (χ3v) is 3.73. The van der Waals surface area contributed by atoms with Crippen LogP contribution in [0.4, 0.5) is 5.88 Å². The Balaban J connectivity index is 1.72. The van der Waals surface area contributed by atoms with Crippen molar-refractivity contribution in [2.45, 2.75) is 46.0 Å². The van der Waals surface area contributed by atoms with Gasteiger partial charge in [0.05, 0.1) is 17.8 Å². The van der Waals surface area contributed by atoms with Crippen molar-refractivity contribution in [2.75, 3.05) is 5.32 Å². The number of aromatic nitrogens is 2. The molecule has 0 aliphatic heterocycles. The summed E-state index contributed by atoms with van der Waals surface area (Å²) in [7, 11) is 0. The van der Waals surface area contributed by atoms with E-state index in [1.165, 1.54) is 0 Å². The summed E-state index contributed by atoms with van der Waals surface area (Å²) in [6, 6.07) is 0. The molecule has 1 aliphatic carbocycles. The zero-order valence-electron chi connectivity index (χ0n) is 11.7. The van der Waals surface area contributed by atoms with Crippen molar-refractivity contribution in [3.8, 4) is 0 Å². The molecule has 0 unspecified atom stereocenters. The van der Waals surface area contributed by atoms with Gasteiger partial charge in [0.15, 0.2) is 0 Å². The Labute approximate surface area is 116 Å². The Bertz CT molecular complexity index is 623. The van der Waals surface area contributed by atoms with Crippen LogP contribution >= 0.6 is 0 Å². The van der Waals surface area contributed by atoms with Crippen LogP contribution in [0, 0.1) is 13.8 Å². The molecule has 1 aliphatic rings. The number of carbonyl (C=O) groups excluding carboxylic acids is 1. The first-order valence-corrected chi connectivity index (χ1v) is 6.84. The standard InChI is InChI=1S/C14H17N3O3/c1-8-11(9(2)19-16-8)7-13(18)15-14-10-5-3-4-6-12(10)17-20-14/h3-7H2,1-2H3,(H,15,18). The van der Waals surface area contributed by atoms with E-state index < -0.39 is 0 Å². The Morgan fingerprint density at radius 2 is 2.00 bits per heavy atom. The van der Waals surface area contributed by atoms with Crippen LogP contribution in [0.25, 0.3) is 0 Å². The van der Waals surface area contributed by atoms with Crippen molar-refractivity contribution in [1.29, 1.82) is 0 Å². The van der Waals surface area contributed by atoms with Crippen LogP contribution in [-0.4, -0.2) is 16.2 Å². The molecule has 0 aromatic carbocycles. The molecule has 2 heterocycles. The predicted octanol–water partition coefficient (Wildman–Crippen LogP) is 2.34. The second-order valence-electron chi connectivity index (χ2n) is 5.17. The van der Waals surface area contributed by atoms with Gasteiger partial charge in [-0.2, -0.15) is 0 Å². The molecular formula is C14H17N3O3. The Morgan fingerprint density at radius 1 is 1.20 bits per heavy atom. The number of hydrogen-bond acceptors (Lipinski definition) is 5. The van der Waals surface area contributed by atoms with E-state index in [2.05, 4.69) is 15.6 Å². The van der Waals surface area contributed by atoms with Gasteiger partial charge in [0.2, 0.25) is 11.8 Å². The van der Waals surface area contributed by atoms with Crippen molar-refractivity contribution >= 4 is 11.8 Å². The van der Waals surface area contributed by atoms with Gasteiger partial charge in [-0.05, 0) is 39.5 Å². The van der Waals surface area contributed by atoms with Gasteiger partial charge >= 0.3 is 0 Å². The van der Waals surface area contributed by atoms with E-state index >= 15 is 0 Å². The quantitative estimate of drug-likeness (QED) is 0.929. The lowest BCUT2D eigenvalue weighted by atomic mass is 9.97. The highest BCUT2D eigenvalue weighted by Gasteiger charge is 2.21. The highest BCUT2D eigenvalue weighted by molar-refractivity contribution is 5.92.